The molecule has 2 amide bonds. The van der Waals surface area contributed by atoms with Gasteiger partial charge in [0.15, 0.2) is 0 Å². The van der Waals surface area contributed by atoms with Crippen molar-refractivity contribution in [3.8, 4) is 0 Å². The van der Waals surface area contributed by atoms with Crippen molar-refractivity contribution in [1.82, 2.24) is 5.06 Å². The summed E-state index contributed by atoms with van der Waals surface area (Å²) >= 11 is 0. The van der Waals surface area contributed by atoms with Gasteiger partial charge in [-0.05, 0) is 18.6 Å². The number of hydrogen-bond donors (Lipinski definition) is 0. The van der Waals surface area contributed by atoms with Crippen LogP contribution in [0.25, 0.3) is 0 Å². The van der Waals surface area contributed by atoms with Crippen molar-refractivity contribution >= 4 is 17.8 Å². The average molecular weight is 293 g/mol. The lowest BCUT2D eigenvalue weighted by Gasteiger charge is -2.09. The maximum absolute atomic E-state index is 11.9. The van der Waals surface area contributed by atoms with Gasteiger partial charge in [-0.25, -0.2) is 4.79 Å². The maximum atomic E-state index is 11.9. The van der Waals surface area contributed by atoms with E-state index >= 15 is 0 Å². The summed E-state index contributed by atoms with van der Waals surface area (Å²) in [5.41, 5.74) is 0.417. The van der Waals surface area contributed by atoms with Crippen LogP contribution in [0.2, 0.25) is 0 Å². The van der Waals surface area contributed by atoms with Gasteiger partial charge in [0.2, 0.25) is 0 Å². The highest BCUT2D eigenvalue weighted by molar-refractivity contribution is 6.20. The third-order valence-electron chi connectivity index (χ3n) is 2.97. The topological polar surface area (TPSA) is 82.1 Å². The van der Waals surface area contributed by atoms with Crippen LogP contribution in [0.5, 0.6) is 0 Å². The lowest BCUT2D eigenvalue weighted by atomic mass is 10.1. The van der Waals surface area contributed by atoms with Gasteiger partial charge in [0.05, 0.1) is 11.1 Å². The molecule has 1 aliphatic rings. The van der Waals surface area contributed by atoms with Gasteiger partial charge >= 0.3 is 5.97 Å². The summed E-state index contributed by atoms with van der Waals surface area (Å²) in [4.78, 5) is 43.8. The van der Waals surface area contributed by atoms with Crippen LogP contribution in [0.1, 0.15) is 53.3 Å². The summed E-state index contributed by atoms with van der Waals surface area (Å²) in [6.07, 6.45) is 2.72. The molecule has 0 aromatic heterocycles. The molecule has 0 fully saturated rings. The minimum absolute atomic E-state index is 0.180. The predicted molar refractivity (Wildman–Crippen MR) is 69.3 cm³/mol. The number of carbonyl (C=O) groups excluding carboxylic acids is 3. The molecule has 0 saturated carbocycles. The first-order chi connectivity index (χ1) is 10.1. The van der Waals surface area contributed by atoms with Crippen LogP contribution in [-0.2, 0) is 19.7 Å². The first-order valence-electron chi connectivity index (χ1n) is 6.67. The van der Waals surface area contributed by atoms with Crippen molar-refractivity contribution in [3.05, 3.63) is 35.4 Å². The fourth-order valence-corrected chi connectivity index (χ4v) is 1.88. The van der Waals surface area contributed by atoms with Crippen LogP contribution < -0.4 is 0 Å². The summed E-state index contributed by atoms with van der Waals surface area (Å²) in [5.74, 6) is -1.96. The van der Waals surface area contributed by atoms with Gasteiger partial charge in [-0.15, -0.1) is 5.06 Å². The molecule has 0 bridgehead atoms. The number of benzene rings is 1. The van der Waals surface area contributed by atoms with Crippen LogP contribution in [0, 0.1) is 0 Å². The molecule has 0 unspecified atom stereocenters. The summed E-state index contributed by atoms with van der Waals surface area (Å²) < 4.78 is 0. The lowest BCUT2D eigenvalue weighted by molar-refractivity contribution is -0.537. The van der Waals surface area contributed by atoms with Gasteiger partial charge in [0, 0.05) is 11.5 Å². The third-order valence-corrected chi connectivity index (χ3v) is 2.97. The highest BCUT2D eigenvalue weighted by Crippen LogP contribution is 2.22. The van der Waals surface area contributed by atoms with Crippen molar-refractivity contribution in [2.24, 2.45) is 0 Å². The predicted octanol–water partition coefficient (Wildman–Crippen LogP) is 2.18. The number of hydrogen-bond acceptors (Lipinski definition) is 6. The van der Waals surface area contributed by atoms with E-state index in [0.29, 0.717) is 11.5 Å². The Hall–Kier alpha value is -2.25. The van der Waals surface area contributed by atoms with Gasteiger partial charge in [-0.2, -0.15) is 0 Å². The zero-order chi connectivity index (χ0) is 15.2. The number of hydroxylamine groups is 2. The van der Waals surface area contributed by atoms with E-state index < -0.39 is 17.8 Å². The summed E-state index contributed by atoms with van der Waals surface area (Å²) in [6.45, 7) is 2.01. The Bertz CT molecular complexity index is 521. The van der Waals surface area contributed by atoms with E-state index in [-0.39, 0.29) is 17.5 Å². The SMILES string of the molecule is CCCCCC(=O)OOON1C(=O)c2ccccc2C1=O. The Kier molecular flexibility index (Phi) is 5.02. The maximum Gasteiger partial charge on any atom is 0.345 e. The van der Waals surface area contributed by atoms with Crippen LogP contribution in [0.15, 0.2) is 24.3 Å². The van der Waals surface area contributed by atoms with Gasteiger partial charge < -0.3 is 0 Å². The van der Waals surface area contributed by atoms with E-state index in [1.807, 2.05) is 6.92 Å². The normalized spacial score (nSPS) is 13.5. The summed E-state index contributed by atoms with van der Waals surface area (Å²) in [5, 5.41) is 4.62. The number of imide groups is 1. The molecule has 1 heterocycles. The molecule has 1 aromatic carbocycles. The number of fused-ring (bicyclic) bond motifs is 1. The molecule has 0 aliphatic carbocycles. The zero-order valence-electron chi connectivity index (χ0n) is 11.5. The van der Waals surface area contributed by atoms with Gasteiger partial charge in [-0.1, -0.05) is 36.9 Å². The molecule has 7 nitrogen and oxygen atoms in total. The van der Waals surface area contributed by atoms with Crippen molar-refractivity contribution in [3.63, 3.8) is 0 Å². The van der Waals surface area contributed by atoms with Gasteiger partial charge in [0.25, 0.3) is 11.8 Å². The molecular weight excluding hydrogens is 278 g/mol. The molecule has 112 valence electrons. The monoisotopic (exact) mass is 293 g/mol. The Morgan fingerprint density at radius 3 is 2.29 bits per heavy atom. The first-order valence-corrected chi connectivity index (χ1v) is 6.67. The van der Waals surface area contributed by atoms with Crippen molar-refractivity contribution in [1.29, 1.82) is 0 Å². The zero-order valence-corrected chi connectivity index (χ0v) is 11.5. The Labute approximate surface area is 121 Å². The van der Waals surface area contributed by atoms with E-state index in [1.165, 1.54) is 12.1 Å². The minimum Gasteiger partial charge on any atom is -0.267 e. The Balaban J connectivity index is 1.81. The minimum atomic E-state index is -0.669. The summed E-state index contributed by atoms with van der Waals surface area (Å²) in [6, 6.07) is 6.25. The van der Waals surface area contributed by atoms with Crippen LogP contribution in [0.3, 0.4) is 0 Å². The molecule has 0 radical (unpaired) electrons. The lowest BCUT2D eigenvalue weighted by Crippen LogP contribution is -2.30. The van der Waals surface area contributed by atoms with Crippen LogP contribution in [0.4, 0.5) is 0 Å². The smallest absolute Gasteiger partial charge is 0.267 e. The van der Waals surface area contributed by atoms with E-state index in [2.05, 4.69) is 14.9 Å². The molecule has 0 saturated heterocycles. The van der Waals surface area contributed by atoms with E-state index in [0.717, 1.165) is 12.8 Å². The molecule has 0 spiro atoms. The number of carbonyl (C=O) groups is 3. The van der Waals surface area contributed by atoms with E-state index in [4.69, 9.17) is 0 Å². The molecule has 0 atom stereocenters. The number of amides is 2. The quantitative estimate of drug-likeness (QED) is 0.332. The molecule has 0 N–H and O–H groups in total. The summed E-state index contributed by atoms with van der Waals surface area (Å²) in [7, 11) is 0. The molecule has 21 heavy (non-hydrogen) atoms. The van der Waals surface area contributed by atoms with E-state index in [9.17, 15) is 14.4 Å². The number of unbranched alkanes of at least 4 members (excludes halogenated alkanes) is 2. The Morgan fingerprint density at radius 2 is 1.71 bits per heavy atom. The fourth-order valence-electron chi connectivity index (χ4n) is 1.88. The van der Waals surface area contributed by atoms with Gasteiger partial charge in [0.1, 0.15) is 0 Å². The highest BCUT2D eigenvalue weighted by atomic mass is 17.6. The average Bonchev–Trinajstić information content (AvgIpc) is 2.73. The largest absolute Gasteiger partial charge is 0.345 e. The molecule has 1 aromatic rings. The second kappa shape index (κ2) is 6.96. The van der Waals surface area contributed by atoms with Crippen LogP contribution >= 0.6 is 0 Å². The van der Waals surface area contributed by atoms with Crippen LogP contribution in [-0.4, -0.2) is 22.8 Å². The molecular formula is C14H15NO6. The fraction of sp³-hybridized carbons (Fsp3) is 0.357. The highest BCUT2D eigenvalue weighted by Gasteiger charge is 2.37. The second-order valence-corrected chi connectivity index (χ2v) is 4.51. The molecule has 7 heteroatoms. The van der Waals surface area contributed by atoms with E-state index in [1.54, 1.807) is 12.1 Å². The molecule has 2 rings (SSSR count). The Morgan fingerprint density at radius 1 is 1.10 bits per heavy atom. The third kappa shape index (κ3) is 3.45. The van der Waals surface area contributed by atoms with Crippen molar-refractivity contribution < 1.29 is 29.3 Å². The second-order valence-electron chi connectivity index (χ2n) is 4.51. The van der Waals surface area contributed by atoms with Gasteiger partial charge in [-0.3, -0.25) is 14.5 Å². The standard InChI is InChI=1S/C14H15NO6/c1-2-3-4-9-12(16)19-21-20-15-13(17)10-7-5-6-8-11(10)14(15)18/h5-8H,2-4,9H2,1H3. The van der Waals surface area contributed by atoms with Crippen molar-refractivity contribution in [2.45, 2.75) is 32.6 Å². The first kappa shape index (κ1) is 15.1. The van der Waals surface area contributed by atoms with Crippen molar-refractivity contribution in [2.75, 3.05) is 0 Å². The molecule has 1 aliphatic heterocycles. The number of nitrogens with zero attached hydrogens (tertiary/aromatic N) is 1. The number of rotatable bonds is 7.